The summed E-state index contributed by atoms with van der Waals surface area (Å²) in [7, 11) is 1.53. The topological polar surface area (TPSA) is 67.9 Å². The molecule has 1 N–H and O–H groups in total. The zero-order valence-corrected chi connectivity index (χ0v) is 19.5. The predicted octanol–water partition coefficient (Wildman–Crippen LogP) is 4.71. The number of nitrogens with one attached hydrogen (secondary N) is 1. The Morgan fingerprint density at radius 1 is 1.06 bits per heavy atom. The summed E-state index contributed by atoms with van der Waals surface area (Å²) < 4.78 is 11.0. The van der Waals surface area contributed by atoms with Gasteiger partial charge in [0, 0.05) is 13.1 Å². The van der Waals surface area contributed by atoms with Crippen molar-refractivity contribution in [3.8, 4) is 11.5 Å². The molecule has 0 radical (unpaired) electrons. The Hall–Kier alpha value is -2.44. The molecule has 0 aliphatic carbocycles. The Morgan fingerprint density at radius 2 is 1.77 bits per heavy atom. The summed E-state index contributed by atoms with van der Waals surface area (Å²) in [5.41, 5.74) is 0.766. The molecular weight excluding hydrogens is 439 g/mol. The van der Waals surface area contributed by atoms with E-state index in [-0.39, 0.29) is 25.0 Å². The molecule has 0 fully saturated rings. The molecule has 0 spiro atoms. The van der Waals surface area contributed by atoms with E-state index in [4.69, 9.17) is 32.7 Å². The molecule has 6 nitrogen and oxygen atoms in total. The van der Waals surface area contributed by atoms with Crippen LogP contribution in [0.4, 0.5) is 0 Å². The fourth-order valence-electron chi connectivity index (χ4n) is 3.08. The highest BCUT2D eigenvalue weighted by molar-refractivity contribution is 6.42. The SMILES string of the molecule is CCCNC(=O)[C@H](CC)N(Cc1ccc(Cl)c(Cl)c1)C(=O)COc1ccccc1OC. The fourth-order valence-corrected chi connectivity index (χ4v) is 3.40. The number of carbonyl (C=O) groups excluding carboxylic acids is 2. The number of rotatable bonds is 11. The lowest BCUT2D eigenvalue weighted by atomic mass is 10.1. The highest BCUT2D eigenvalue weighted by atomic mass is 35.5. The van der Waals surface area contributed by atoms with Gasteiger partial charge in [-0.05, 0) is 42.7 Å². The molecule has 31 heavy (non-hydrogen) atoms. The van der Waals surface area contributed by atoms with E-state index in [2.05, 4.69) is 5.32 Å². The van der Waals surface area contributed by atoms with Crippen LogP contribution in [0.2, 0.25) is 10.0 Å². The van der Waals surface area contributed by atoms with Gasteiger partial charge in [0.1, 0.15) is 6.04 Å². The molecule has 2 rings (SSSR count). The predicted molar refractivity (Wildman–Crippen MR) is 123 cm³/mol. The van der Waals surface area contributed by atoms with Gasteiger partial charge < -0.3 is 19.7 Å². The Kier molecular flexibility index (Phi) is 9.95. The average molecular weight is 467 g/mol. The molecular formula is C23H28Cl2N2O4. The number of hydrogen-bond donors (Lipinski definition) is 1. The third kappa shape index (κ3) is 7.04. The van der Waals surface area contributed by atoms with Gasteiger partial charge in [-0.1, -0.05) is 55.2 Å². The molecule has 0 heterocycles. The van der Waals surface area contributed by atoms with Gasteiger partial charge in [-0.25, -0.2) is 0 Å². The van der Waals surface area contributed by atoms with Crippen molar-refractivity contribution < 1.29 is 19.1 Å². The second-order valence-electron chi connectivity index (χ2n) is 6.92. The van der Waals surface area contributed by atoms with E-state index in [0.29, 0.717) is 34.5 Å². The van der Waals surface area contributed by atoms with Gasteiger partial charge >= 0.3 is 0 Å². The number of hydrogen-bond acceptors (Lipinski definition) is 4. The van der Waals surface area contributed by atoms with Gasteiger partial charge in [0.05, 0.1) is 17.2 Å². The summed E-state index contributed by atoms with van der Waals surface area (Å²) in [5, 5.41) is 3.69. The molecule has 0 bridgehead atoms. The van der Waals surface area contributed by atoms with Crippen molar-refractivity contribution >= 4 is 35.0 Å². The van der Waals surface area contributed by atoms with Gasteiger partial charge in [0.2, 0.25) is 5.91 Å². The first-order valence-electron chi connectivity index (χ1n) is 10.2. The Bertz CT molecular complexity index is 892. The maximum atomic E-state index is 13.2. The van der Waals surface area contributed by atoms with E-state index in [1.54, 1.807) is 36.4 Å². The lowest BCUT2D eigenvalue weighted by Crippen LogP contribution is -2.50. The zero-order chi connectivity index (χ0) is 22.8. The highest BCUT2D eigenvalue weighted by Crippen LogP contribution is 2.27. The minimum atomic E-state index is -0.644. The van der Waals surface area contributed by atoms with Crippen LogP contribution < -0.4 is 14.8 Å². The molecule has 0 saturated carbocycles. The van der Waals surface area contributed by atoms with Crippen LogP contribution in [0.5, 0.6) is 11.5 Å². The van der Waals surface area contributed by atoms with E-state index in [1.165, 1.54) is 12.0 Å². The third-order valence-electron chi connectivity index (χ3n) is 4.69. The van der Waals surface area contributed by atoms with Crippen LogP contribution in [0.25, 0.3) is 0 Å². The monoisotopic (exact) mass is 466 g/mol. The number of methoxy groups -OCH3 is 1. The van der Waals surface area contributed by atoms with Gasteiger partial charge in [-0.3, -0.25) is 9.59 Å². The first kappa shape index (κ1) is 24.8. The summed E-state index contributed by atoms with van der Waals surface area (Å²) >= 11 is 12.2. The van der Waals surface area contributed by atoms with Gasteiger partial charge in [-0.2, -0.15) is 0 Å². The van der Waals surface area contributed by atoms with Crippen LogP contribution in [-0.2, 0) is 16.1 Å². The summed E-state index contributed by atoms with van der Waals surface area (Å²) in [5.74, 6) is 0.459. The Labute approximate surface area is 193 Å². The molecule has 0 aliphatic heterocycles. The molecule has 0 saturated heterocycles. The van der Waals surface area contributed by atoms with Crippen molar-refractivity contribution in [1.29, 1.82) is 0 Å². The number of ether oxygens (including phenoxy) is 2. The summed E-state index contributed by atoms with van der Waals surface area (Å²) in [4.78, 5) is 27.4. The Balaban J connectivity index is 2.24. The molecule has 2 amide bonds. The van der Waals surface area contributed by atoms with Crippen LogP contribution >= 0.6 is 23.2 Å². The first-order chi connectivity index (χ1) is 14.9. The second-order valence-corrected chi connectivity index (χ2v) is 7.74. The van der Waals surface area contributed by atoms with Crippen molar-refractivity contribution in [2.75, 3.05) is 20.3 Å². The molecule has 8 heteroatoms. The summed E-state index contributed by atoms with van der Waals surface area (Å²) in [6.07, 6.45) is 1.26. The van der Waals surface area contributed by atoms with Crippen LogP contribution in [0.15, 0.2) is 42.5 Å². The molecule has 2 aromatic carbocycles. The van der Waals surface area contributed by atoms with Crippen molar-refractivity contribution in [2.24, 2.45) is 0 Å². The lowest BCUT2D eigenvalue weighted by Gasteiger charge is -2.30. The van der Waals surface area contributed by atoms with E-state index in [0.717, 1.165) is 12.0 Å². The lowest BCUT2D eigenvalue weighted by molar-refractivity contribution is -0.143. The molecule has 2 aromatic rings. The van der Waals surface area contributed by atoms with Crippen molar-refractivity contribution in [3.63, 3.8) is 0 Å². The van der Waals surface area contributed by atoms with Gasteiger partial charge in [0.15, 0.2) is 18.1 Å². The largest absolute Gasteiger partial charge is 0.493 e. The van der Waals surface area contributed by atoms with Crippen LogP contribution in [0.1, 0.15) is 32.3 Å². The second kappa shape index (κ2) is 12.4. The summed E-state index contributed by atoms with van der Waals surface area (Å²) in [6.45, 7) is 4.34. The van der Waals surface area contributed by atoms with E-state index in [9.17, 15) is 9.59 Å². The number of para-hydroxylation sites is 2. The Morgan fingerprint density at radius 3 is 2.39 bits per heavy atom. The highest BCUT2D eigenvalue weighted by Gasteiger charge is 2.29. The smallest absolute Gasteiger partial charge is 0.261 e. The molecule has 0 aliphatic rings. The number of halogens is 2. The molecule has 0 unspecified atom stereocenters. The maximum absolute atomic E-state index is 13.2. The van der Waals surface area contributed by atoms with E-state index in [1.807, 2.05) is 19.9 Å². The zero-order valence-electron chi connectivity index (χ0n) is 18.0. The number of carbonyl (C=O) groups is 2. The molecule has 1 atom stereocenters. The third-order valence-corrected chi connectivity index (χ3v) is 5.43. The van der Waals surface area contributed by atoms with Crippen LogP contribution in [0, 0.1) is 0 Å². The quantitative estimate of drug-likeness (QED) is 0.520. The van der Waals surface area contributed by atoms with Crippen LogP contribution in [-0.4, -0.2) is 43.0 Å². The number of benzene rings is 2. The van der Waals surface area contributed by atoms with Crippen LogP contribution in [0.3, 0.4) is 0 Å². The first-order valence-corrected chi connectivity index (χ1v) is 10.9. The number of nitrogens with zero attached hydrogens (tertiary/aromatic N) is 1. The van der Waals surface area contributed by atoms with E-state index >= 15 is 0 Å². The summed E-state index contributed by atoms with van der Waals surface area (Å²) in [6, 6.07) is 11.6. The minimum Gasteiger partial charge on any atom is -0.493 e. The standard InChI is InChI=1S/C23H28Cl2N2O4/c1-4-12-26-23(29)19(5-2)27(14-16-10-11-17(24)18(25)13-16)22(28)15-31-21-9-7-6-8-20(21)30-3/h6-11,13,19H,4-5,12,14-15H2,1-3H3,(H,26,29)/t19-/m0/s1. The van der Waals surface area contributed by atoms with Gasteiger partial charge in [-0.15, -0.1) is 0 Å². The maximum Gasteiger partial charge on any atom is 0.261 e. The fraction of sp³-hybridized carbons (Fsp3) is 0.391. The van der Waals surface area contributed by atoms with Gasteiger partial charge in [0.25, 0.3) is 5.91 Å². The minimum absolute atomic E-state index is 0.197. The molecule has 168 valence electrons. The van der Waals surface area contributed by atoms with Crippen molar-refractivity contribution in [2.45, 2.75) is 39.3 Å². The normalized spacial score (nSPS) is 11.5. The average Bonchev–Trinajstić information content (AvgIpc) is 2.78. The number of amides is 2. The van der Waals surface area contributed by atoms with Crippen molar-refractivity contribution in [3.05, 3.63) is 58.1 Å². The van der Waals surface area contributed by atoms with Crippen molar-refractivity contribution in [1.82, 2.24) is 10.2 Å². The van der Waals surface area contributed by atoms with E-state index < -0.39 is 6.04 Å². The molecule has 0 aromatic heterocycles.